The van der Waals surface area contributed by atoms with Crippen LogP contribution in [-0.4, -0.2) is 33.7 Å². The van der Waals surface area contributed by atoms with Gasteiger partial charge < -0.3 is 10.1 Å². The number of carbonyl (C=O) groups is 1. The van der Waals surface area contributed by atoms with Crippen molar-refractivity contribution in [1.29, 1.82) is 0 Å². The summed E-state index contributed by atoms with van der Waals surface area (Å²) in [4.78, 5) is 12.2. The molecule has 0 fully saturated rings. The summed E-state index contributed by atoms with van der Waals surface area (Å²) in [6.07, 6.45) is 1.15. The Morgan fingerprint density at radius 3 is 2.75 bits per heavy atom. The van der Waals surface area contributed by atoms with E-state index < -0.39 is 10.0 Å². The highest BCUT2D eigenvalue weighted by Gasteiger charge is 2.25. The van der Waals surface area contributed by atoms with Crippen LogP contribution in [0.1, 0.15) is 10.4 Å². The molecule has 1 N–H and O–H groups in total. The number of amides is 1. The number of hydrogen-bond acceptors (Lipinski definition) is 4. The lowest BCUT2D eigenvalue weighted by atomic mass is 10.2. The highest BCUT2D eigenvalue weighted by Crippen LogP contribution is 2.35. The van der Waals surface area contributed by atoms with E-state index in [2.05, 4.69) is 5.32 Å². The molecule has 1 heterocycles. The van der Waals surface area contributed by atoms with Crippen molar-refractivity contribution in [3.8, 4) is 5.75 Å². The Morgan fingerprint density at radius 1 is 1.25 bits per heavy atom. The monoisotopic (exact) mass is 366 g/mol. The van der Waals surface area contributed by atoms with Gasteiger partial charge in [-0.3, -0.25) is 9.10 Å². The minimum absolute atomic E-state index is 0.256. The SMILES string of the molecule is CS(=O)(=O)N1CCOc2cc(NC(=O)c3cccc(Cl)c3)ccc21. The summed E-state index contributed by atoms with van der Waals surface area (Å²) in [7, 11) is -3.37. The molecule has 126 valence electrons. The molecule has 0 radical (unpaired) electrons. The van der Waals surface area contributed by atoms with E-state index in [4.69, 9.17) is 16.3 Å². The first-order valence-electron chi connectivity index (χ1n) is 7.16. The third-order valence-corrected chi connectivity index (χ3v) is 4.94. The molecule has 0 bridgehead atoms. The van der Waals surface area contributed by atoms with E-state index >= 15 is 0 Å². The number of benzene rings is 2. The van der Waals surface area contributed by atoms with Crippen LogP contribution in [0.5, 0.6) is 5.75 Å². The molecule has 1 aliphatic rings. The number of fused-ring (bicyclic) bond motifs is 1. The fraction of sp³-hybridized carbons (Fsp3) is 0.188. The van der Waals surface area contributed by atoms with Crippen LogP contribution < -0.4 is 14.4 Å². The van der Waals surface area contributed by atoms with Crippen molar-refractivity contribution in [2.75, 3.05) is 29.0 Å². The van der Waals surface area contributed by atoms with E-state index in [-0.39, 0.29) is 19.1 Å². The number of ether oxygens (including phenoxy) is 1. The standard InChI is InChI=1S/C16H15ClN2O4S/c1-24(21,22)19-7-8-23-15-10-13(5-6-14(15)19)18-16(20)11-3-2-4-12(17)9-11/h2-6,9-10H,7-8H2,1H3,(H,18,20). The summed E-state index contributed by atoms with van der Waals surface area (Å²) < 4.78 is 30.4. The smallest absolute Gasteiger partial charge is 0.255 e. The van der Waals surface area contributed by atoms with Crippen LogP contribution in [0.4, 0.5) is 11.4 Å². The van der Waals surface area contributed by atoms with Gasteiger partial charge in [0.2, 0.25) is 10.0 Å². The molecule has 1 aliphatic heterocycles. The van der Waals surface area contributed by atoms with Crippen molar-refractivity contribution >= 4 is 38.9 Å². The van der Waals surface area contributed by atoms with Gasteiger partial charge in [0.05, 0.1) is 18.5 Å². The van der Waals surface area contributed by atoms with Crippen molar-refractivity contribution in [3.05, 3.63) is 53.1 Å². The first kappa shape index (κ1) is 16.6. The predicted molar refractivity (Wildman–Crippen MR) is 93.5 cm³/mol. The van der Waals surface area contributed by atoms with E-state index in [0.29, 0.717) is 27.7 Å². The Morgan fingerprint density at radius 2 is 2.04 bits per heavy atom. The zero-order valence-electron chi connectivity index (χ0n) is 12.8. The van der Waals surface area contributed by atoms with Crippen molar-refractivity contribution in [1.82, 2.24) is 0 Å². The zero-order valence-corrected chi connectivity index (χ0v) is 14.4. The zero-order chi connectivity index (χ0) is 17.3. The van der Waals surface area contributed by atoms with Crippen LogP contribution >= 0.6 is 11.6 Å². The Balaban J connectivity index is 1.85. The molecule has 0 saturated carbocycles. The third-order valence-electron chi connectivity index (χ3n) is 3.53. The highest BCUT2D eigenvalue weighted by molar-refractivity contribution is 7.92. The average Bonchev–Trinajstić information content (AvgIpc) is 2.53. The summed E-state index contributed by atoms with van der Waals surface area (Å²) in [6, 6.07) is 11.5. The normalized spacial score (nSPS) is 13.8. The van der Waals surface area contributed by atoms with Crippen LogP contribution in [0.3, 0.4) is 0 Å². The van der Waals surface area contributed by atoms with E-state index in [1.54, 1.807) is 42.5 Å². The molecular weight excluding hydrogens is 352 g/mol. The van der Waals surface area contributed by atoms with Gasteiger partial charge in [0.25, 0.3) is 5.91 Å². The van der Waals surface area contributed by atoms with Crippen LogP contribution in [-0.2, 0) is 10.0 Å². The van der Waals surface area contributed by atoms with Crippen molar-refractivity contribution < 1.29 is 17.9 Å². The van der Waals surface area contributed by atoms with E-state index in [1.807, 2.05) is 0 Å². The number of rotatable bonds is 3. The number of hydrogen-bond donors (Lipinski definition) is 1. The van der Waals surface area contributed by atoms with Crippen LogP contribution in [0.2, 0.25) is 5.02 Å². The van der Waals surface area contributed by atoms with Crippen LogP contribution in [0.25, 0.3) is 0 Å². The van der Waals surface area contributed by atoms with Gasteiger partial charge in [-0.05, 0) is 30.3 Å². The second kappa shape index (κ2) is 6.33. The first-order chi connectivity index (χ1) is 11.3. The van der Waals surface area contributed by atoms with Gasteiger partial charge in [0.1, 0.15) is 12.4 Å². The van der Waals surface area contributed by atoms with Crippen LogP contribution in [0, 0.1) is 0 Å². The summed E-state index contributed by atoms with van der Waals surface area (Å²) in [5.41, 5.74) is 1.40. The molecule has 8 heteroatoms. The molecule has 0 atom stereocenters. The molecule has 3 rings (SSSR count). The van der Waals surface area contributed by atoms with Gasteiger partial charge in [0, 0.05) is 22.3 Å². The molecular formula is C16H15ClN2O4S. The third kappa shape index (κ3) is 3.47. The maximum atomic E-state index is 12.2. The maximum absolute atomic E-state index is 12.2. The Kier molecular flexibility index (Phi) is 4.38. The van der Waals surface area contributed by atoms with Crippen molar-refractivity contribution in [3.63, 3.8) is 0 Å². The fourth-order valence-corrected chi connectivity index (χ4v) is 3.55. The number of nitrogens with one attached hydrogen (secondary N) is 1. The Labute approximate surface area is 145 Å². The molecule has 24 heavy (non-hydrogen) atoms. The second-order valence-electron chi connectivity index (χ2n) is 5.33. The topological polar surface area (TPSA) is 75.7 Å². The minimum Gasteiger partial charge on any atom is -0.489 e. The van der Waals surface area contributed by atoms with Crippen molar-refractivity contribution in [2.24, 2.45) is 0 Å². The number of anilines is 2. The minimum atomic E-state index is -3.37. The summed E-state index contributed by atoms with van der Waals surface area (Å²) in [6.45, 7) is 0.520. The molecule has 0 unspecified atom stereocenters. The van der Waals surface area contributed by atoms with Gasteiger partial charge in [-0.2, -0.15) is 0 Å². The maximum Gasteiger partial charge on any atom is 0.255 e. The number of halogens is 1. The molecule has 2 aromatic rings. The molecule has 0 saturated heterocycles. The summed E-state index contributed by atoms with van der Waals surface area (Å²) in [5.74, 6) is 0.101. The molecule has 2 aromatic carbocycles. The quantitative estimate of drug-likeness (QED) is 0.906. The molecule has 0 aromatic heterocycles. The van der Waals surface area contributed by atoms with Crippen LogP contribution in [0.15, 0.2) is 42.5 Å². The van der Waals surface area contributed by atoms with Crippen molar-refractivity contribution in [2.45, 2.75) is 0 Å². The predicted octanol–water partition coefficient (Wildman–Crippen LogP) is 2.75. The lowest BCUT2D eigenvalue weighted by Crippen LogP contribution is -2.37. The van der Waals surface area contributed by atoms with Gasteiger partial charge in [-0.25, -0.2) is 8.42 Å². The number of nitrogens with zero attached hydrogens (tertiary/aromatic N) is 1. The second-order valence-corrected chi connectivity index (χ2v) is 7.67. The van der Waals surface area contributed by atoms with Gasteiger partial charge >= 0.3 is 0 Å². The highest BCUT2D eigenvalue weighted by atomic mass is 35.5. The summed E-state index contributed by atoms with van der Waals surface area (Å²) >= 11 is 5.88. The Hall–Kier alpha value is -2.25. The van der Waals surface area contributed by atoms with Gasteiger partial charge in [0.15, 0.2) is 0 Å². The molecule has 0 spiro atoms. The molecule has 6 nitrogen and oxygen atoms in total. The number of sulfonamides is 1. The summed E-state index contributed by atoms with van der Waals surface area (Å²) in [5, 5.41) is 3.22. The molecule has 1 amide bonds. The van der Waals surface area contributed by atoms with E-state index in [0.717, 1.165) is 6.26 Å². The Bertz CT molecular complexity index is 899. The lowest BCUT2D eigenvalue weighted by molar-refractivity contribution is 0.102. The first-order valence-corrected chi connectivity index (χ1v) is 9.39. The van der Waals surface area contributed by atoms with Gasteiger partial charge in [-0.1, -0.05) is 17.7 Å². The average molecular weight is 367 g/mol. The number of carbonyl (C=O) groups excluding carboxylic acids is 1. The lowest BCUT2D eigenvalue weighted by Gasteiger charge is -2.29. The van der Waals surface area contributed by atoms with E-state index in [9.17, 15) is 13.2 Å². The fourth-order valence-electron chi connectivity index (χ4n) is 2.45. The van der Waals surface area contributed by atoms with E-state index in [1.165, 1.54) is 4.31 Å². The largest absolute Gasteiger partial charge is 0.489 e. The van der Waals surface area contributed by atoms with Gasteiger partial charge in [-0.15, -0.1) is 0 Å². The molecule has 0 aliphatic carbocycles.